The van der Waals surface area contributed by atoms with Gasteiger partial charge in [0.25, 0.3) is 5.91 Å². The van der Waals surface area contributed by atoms with Crippen molar-refractivity contribution in [2.45, 2.75) is 6.92 Å². The number of aryl methyl sites for hydroxylation is 1. The minimum absolute atomic E-state index is 0.317. The van der Waals surface area contributed by atoms with Crippen LogP contribution in [-0.2, 0) is 0 Å². The fourth-order valence-electron chi connectivity index (χ4n) is 3.36. The summed E-state index contributed by atoms with van der Waals surface area (Å²) in [6, 6.07) is 20.5. The third-order valence-electron chi connectivity index (χ3n) is 5.01. The molecule has 4 aromatic rings. The summed E-state index contributed by atoms with van der Waals surface area (Å²) in [5, 5.41) is 8.08. The molecular formula is C25H22ClN3O3. The van der Waals surface area contributed by atoms with Crippen molar-refractivity contribution in [3.05, 3.63) is 89.1 Å². The van der Waals surface area contributed by atoms with Crippen LogP contribution >= 0.6 is 11.6 Å². The SMILES string of the molecule is COc1ccc(-c2nn(-c3ccccc3)cc2C(=O)Nc2ccc(C)cc2Cl)cc1OC. The van der Waals surface area contributed by atoms with Crippen LogP contribution in [0.3, 0.4) is 0 Å². The number of benzene rings is 3. The van der Waals surface area contributed by atoms with Crippen LogP contribution in [0.5, 0.6) is 11.5 Å². The zero-order chi connectivity index (χ0) is 22.7. The lowest BCUT2D eigenvalue weighted by Gasteiger charge is -2.10. The van der Waals surface area contributed by atoms with Crippen LogP contribution in [0.1, 0.15) is 15.9 Å². The summed E-state index contributed by atoms with van der Waals surface area (Å²) in [5.41, 5.74) is 4.01. The quantitative estimate of drug-likeness (QED) is 0.407. The van der Waals surface area contributed by atoms with Crippen molar-refractivity contribution in [3.8, 4) is 28.4 Å². The third-order valence-corrected chi connectivity index (χ3v) is 5.32. The number of para-hydroxylation sites is 1. The predicted molar refractivity (Wildman–Crippen MR) is 126 cm³/mol. The molecule has 0 aliphatic carbocycles. The first-order valence-electron chi connectivity index (χ1n) is 9.95. The van der Waals surface area contributed by atoms with Crippen LogP contribution in [-0.4, -0.2) is 29.9 Å². The Morgan fingerprint density at radius 3 is 2.41 bits per heavy atom. The number of anilines is 1. The van der Waals surface area contributed by atoms with Gasteiger partial charge in [0.2, 0.25) is 0 Å². The van der Waals surface area contributed by atoms with E-state index in [-0.39, 0.29) is 5.91 Å². The molecule has 0 unspecified atom stereocenters. The Kier molecular flexibility index (Phi) is 6.14. The number of hydrogen-bond donors (Lipinski definition) is 1. The molecule has 0 fully saturated rings. The number of carbonyl (C=O) groups is 1. The van der Waals surface area contributed by atoms with E-state index < -0.39 is 0 Å². The Morgan fingerprint density at radius 2 is 1.72 bits per heavy atom. The van der Waals surface area contributed by atoms with E-state index in [0.717, 1.165) is 16.8 Å². The van der Waals surface area contributed by atoms with Gasteiger partial charge in [-0.3, -0.25) is 4.79 Å². The van der Waals surface area contributed by atoms with Crippen LogP contribution in [0.4, 0.5) is 5.69 Å². The standard InChI is InChI=1S/C25H22ClN3O3/c1-16-9-11-21(20(26)13-16)27-25(30)19-15-29(18-7-5-4-6-8-18)28-24(19)17-10-12-22(31-2)23(14-17)32-3/h4-15H,1-3H3,(H,27,30). The number of carbonyl (C=O) groups excluding carboxylic acids is 1. The molecule has 4 rings (SSSR count). The molecule has 162 valence electrons. The summed E-state index contributed by atoms with van der Waals surface area (Å²) >= 11 is 6.33. The van der Waals surface area contributed by atoms with Crippen LogP contribution in [0.2, 0.25) is 5.02 Å². The summed E-state index contributed by atoms with van der Waals surface area (Å²) in [6.07, 6.45) is 1.71. The number of ether oxygens (including phenoxy) is 2. The molecular weight excluding hydrogens is 426 g/mol. The number of rotatable bonds is 6. The minimum atomic E-state index is -0.317. The highest BCUT2D eigenvalue weighted by Gasteiger charge is 2.21. The third kappa shape index (κ3) is 4.31. The molecule has 1 aromatic heterocycles. The van der Waals surface area contributed by atoms with Gasteiger partial charge in [-0.15, -0.1) is 0 Å². The lowest BCUT2D eigenvalue weighted by Crippen LogP contribution is -2.12. The minimum Gasteiger partial charge on any atom is -0.493 e. The first kappa shape index (κ1) is 21.5. The van der Waals surface area contributed by atoms with Gasteiger partial charge in [-0.1, -0.05) is 35.9 Å². The lowest BCUT2D eigenvalue weighted by atomic mass is 10.1. The molecule has 0 radical (unpaired) electrons. The molecule has 1 amide bonds. The highest BCUT2D eigenvalue weighted by molar-refractivity contribution is 6.34. The van der Waals surface area contributed by atoms with Crippen molar-refractivity contribution in [1.29, 1.82) is 0 Å². The number of nitrogens with zero attached hydrogens (tertiary/aromatic N) is 2. The van der Waals surface area contributed by atoms with E-state index in [9.17, 15) is 4.79 Å². The van der Waals surface area contributed by atoms with Gasteiger partial charge in [0.15, 0.2) is 11.5 Å². The summed E-state index contributed by atoms with van der Waals surface area (Å²) in [5.74, 6) is 0.825. The number of amides is 1. The molecule has 0 saturated carbocycles. The van der Waals surface area contributed by atoms with Gasteiger partial charge in [-0.25, -0.2) is 4.68 Å². The summed E-state index contributed by atoms with van der Waals surface area (Å²) in [6.45, 7) is 1.94. The van der Waals surface area contributed by atoms with Crippen molar-refractivity contribution < 1.29 is 14.3 Å². The molecule has 0 atom stereocenters. The van der Waals surface area contributed by atoms with E-state index in [1.54, 1.807) is 49.4 Å². The number of methoxy groups -OCH3 is 2. The van der Waals surface area contributed by atoms with Gasteiger partial charge in [0, 0.05) is 11.8 Å². The smallest absolute Gasteiger partial charge is 0.259 e. The number of hydrogen-bond acceptors (Lipinski definition) is 4. The van der Waals surface area contributed by atoms with Gasteiger partial charge >= 0.3 is 0 Å². The van der Waals surface area contributed by atoms with E-state index in [1.807, 2.05) is 49.4 Å². The van der Waals surface area contributed by atoms with E-state index in [4.69, 9.17) is 26.2 Å². The monoisotopic (exact) mass is 447 g/mol. The second kappa shape index (κ2) is 9.16. The molecule has 7 heteroatoms. The van der Waals surface area contributed by atoms with E-state index >= 15 is 0 Å². The van der Waals surface area contributed by atoms with Gasteiger partial charge < -0.3 is 14.8 Å². The number of halogens is 1. The molecule has 6 nitrogen and oxygen atoms in total. The van der Waals surface area contributed by atoms with Crippen molar-refractivity contribution in [1.82, 2.24) is 9.78 Å². The van der Waals surface area contributed by atoms with Gasteiger partial charge in [-0.2, -0.15) is 5.10 Å². The predicted octanol–water partition coefficient (Wildman–Crippen LogP) is 5.77. The molecule has 3 aromatic carbocycles. The van der Waals surface area contributed by atoms with Crippen molar-refractivity contribution >= 4 is 23.2 Å². The fraction of sp³-hybridized carbons (Fsp3) is 0.120. The average Bonchev–Trinajstić information content (AvgIpc) is 3.26. The van der Waals surface area contributed by atoms with Crippen molar-refractivity contribution in [2.75, 3.05) is 19.5 Å². The largest absolute Gasteiger partial charge is 0.493 e. The van der Waals surface area contributed by atoms with Crippen LogP contribution in [0.25, 0.3) is 16.9 Å². The zero-order valence-electron chi connectivity index (χ0n) is 17.9. The Morgan fingerprint density at radius 1 is 0.969 bits per heavy atom. The van der Waals surface area contributed by atoms with Gasteiger partial charge in [0.05, 0.1) is 36.2 Å². The molecule has 1 N–H and O–H groups in total. The van der Waals surface area contributed by atoms with Crippen LogP contribution in [0, 0.1) is 6.92 Å². The molecule has 0 aliphatic heterocycles. The molecule has 1 heterocycles. The summed E-state index contributed by atoms with van der Waals surface area (Å²) in [4.78, 5) is 13.3. The summed E-state index contributed by atoms with van der Waals surface area (Å²) < 4.78 is 12.4. The Labute approximate surface area is 191 Å². The first-order chi connectivity index (χ1) is 15.5. The van der Waals surface area contributed by atoms with Crippen molar-refractivity contribution in [2.24, 2.45) is 0 Å². The van der Waals surface area contributed by atoms with Gasteiger partial charge in [-0.05, 0) is 55.0 Å². The van der Waals surface area contributed by atoms with Crippen LogP contribution < -0.4 is 14.8 Å². The molecule has 32 heavy (non-hydrogen) atoms. The summed E-state index contributed by atoms with van der Waals surface area (Å²) in [7, 11) is 3.14. The second-order valence-corrected chi connectivity index (χ2v) is 7.59. The Balaban J connectivity index is 1.80. The maximum absolute atomic E-state index is 13.3. The lowest BCUT2D eigenvalue weighted by molar-refractivity contribution is 0.102. The maximum Gasteiger partial charge on any atom is 0.259 e. The van der Waals surface area contributed by atoms with Crippen LogP contribution in [0.15, 0.2) is 72.9 Å². The Bertz CT molecular complexity index is 1270. The van der Waals surface area contributed by atoms with E-state index in [1.165, 1.54) is 0 Å². The van der Waals surface area contributed by atoms with E-state index in [2.05, 4.69) is 5.32 Å². The highest BCUT2D eigenvalue weighted by Crippen LogP contribution is 2.34. The fourth-order valence-corrected chi connectivity index (χ4v) is 3.64. The molecule has 0 saturated heterocycles. The number of nitrogens with one attached hydrogen (secondary N) is 1. The molecule has 0 aliphatic rings. The normalized spacial score (nSPS) is 10.6. The average molecular weight is 448 g/mol. The molecule has 0 bridgehead atoms. The zero-order valence-corrected chi connectivity index (χ0v) is 18.7. The van der Waals surface area contributed by atoms with E-state index in [0.29, 0.717) is 33.5 Å². The molecule has 0 spiro atoms. The highest BCUT2D eigenvalue weighted by atomic mass is 35.5. The second-order valence-electron chi connectivity index (χ2n) is 7.18. The van der Waals surface area contributed by atoms with Crippen molar-refractivity contribution in [3.63, 3.8) is 0 Å². The first-order valence-corrected chi connectivity index (χ1v) is 10.3. The maximum atomic E-state index is 13.3. The Hall–Kier alpha value is -3.77. The van der Waals surface area contributed by atoms with Gasteiger partial charge in [0.1, 0.15) is 5.69 Å². The topological polar surface area (TPSA) is 65.4 Å². The number of aromatic nitrogens is 2.